The fraction of sp³-hybridized carbons (Fsp3) is 0.380. The number of para-hydroxylation sites is 1. The molecule has 11 rings (SSSR count). The summed E-state index contributed by atoms with van der Waals surface area (Å²) in [6.45, 7) is 9.31. The average Bonchev–Trinajstić information content (AvgIpc) is 3.80. The molecule has 5 aromatic rings. The lowest BCUT2D eigenvalue weighted by Gasteiger charge is -2.58. The number of ether oxygens (including phenoxy) is 1. The lowest BCUT2D eigenvalue weighted by Crippen LogP contribution is -2.69. The average molecular weight is 924 g/mol. The Morgan fingerprint density at radius 3 is 2.47 bits per heavy atom. The Kier molecular flexibility index (Phi) is 11.9. The number of rotatable bonds is 14. The van der Waals surface area contributed by atoms with Gasteiger partial charge in [-0.25, -0.2) is 14.4 Å². The molecule has 352 valence electrons. The first kappa shape index (κ1) is 44.6. The number of piperidine rings is 3. The second kappa shape index (κ2) is 18.1. The van der Waals surface area contributed by atoms with Crippen molar-refractivity contribution >= 4 is 69.1 Å². The van der Waals surface area contributed by atoms with E-state index in [1.165, 1.54) is 12.1 Å². The summed E-state index contributed by atoms with van der Waals surface area (Å²) in [6, 6.07) is 15.8. The third-order valence-electron chi connectivity index (χ3n) is 14.4. The Balaban J connectivity index is 0.739. The van der Waals surface area contributed by atoms with Gasteiger partial charge in [0.25, 0.3) is 11.8 Å². The van der Waals surface area contributed by atoms with Crippen LogP contribution in [0.3, 0.4) is 0 Å². The number of piperazine rings is 1. The highest BCUT2D eigenvalue weighted by atomic mass is 19.1. The summed E-state index contributed by atoms with van der Waals surface area (Å²) in [5, 5.41) is 9.60. The molecule has 6 aliphatic rings. The number of hydrogen-bond acceptors (Lipinski definition) is 13. The minimum Gasteiger partial charge on any atom is -0.494 e. The van der Waals surface area contributed by atoms with Crippen molar-refractivity contribution in [1.82, 2.24) is 34.6 Å². The number of benzene rings is 3. The largest absolute Gasteiger partial charge is 0.494 e. The Morgan fingerprint density at radius 2 is 1.74 bits per heavy atom. The van der Waals surface area contributed by atoms with E-state index in [9.17, 15) is 24.0 Å². The Hall–Kier alpha value is -7.18. The van der Waals surface area contributed by atoms with Crippen molar-refractivity contribution in [2.75, 3.05) is 80.4 Å². The molecule has 2 aromatic heterocycles. The summed E-state index contributed by atoms with van der Waals surface area (Å²) in [5.74, 6) is -1.94. The third kappa shape index (κ3) is 8.31. The van der Waals surface area contributed by atoms with E-state index in [0.717, 1.165) is 84.3 Å². The number of likely N-dealkylation sites (N-methyl/N-ethyl adjacent to an activating group) is 1. The quantitative estimate of drug-likeness (QED) is 0.0984. The van der Waals surface area contributed by atoms with Crippen LogP contribution in [0.25, 0.3) is 22.2 Å². The Bertz CT molecular complexity index is 2870. The minimum atomic E-state index is -1.10. The topological polar surface area (TPSA) is 178 Å². The first-order chi connectivity index (χ1) is 32.9. The van der Waals surface area contributed by atoms with Gasteiger partial charge in [-0.05, 0) is 81.1 Å². The monoisotopic (exact) mass is 923 g/mol. The van der Waals surface area contributed by atoms with Gasteiger partial charge in [-0.3, -0.25) is 39.1 Å². The smallest absolute Gasteiger partial charge is 0.262 e. The molecule has 5 saturated heterocycles. The highest BCUT2D eigenvalue weighted by Crippen LogP contribution is 2.41. The van der Waals surface area contributed by atoms with E-state index in [2.05, 4.69) is 65.1 Å². The number of halogens is 1. The van der Waals surface area contributed by atoms with E-state index >= 15 is 4.39 Å². The summed E-state index contributed by atoms with van der Waals surface area (Å²) in [4.78, 5) is 83.0. The molecule has 0 saturated carbocycles. The van der Waals surface area contributed by atoms with Crippen molar-refractivity contribution in [1.29, 1.82) is 0 Å². The second-order valence-electron chi connectivity index (χ2n) is 18.5. The molecule has 5 fully saturated rings. The molecule has 6 aliphatic heterocycles. The van der Waals surface area contributed by atoms with Crippen molar-refractivity contribution in [3.8, 4) is 17.0 Å². The number of nitrogens with zero attached hydrogens (tertiary/aromatic N) is 8. The van der Waals surface area contributed by atoms with E-state index in [0.29, 0.717) is 48.6 Å². The number of methoxy groups -OCH3 is 1. The Labute approximate surface area is 392 Å². The standard InChI is InChI=1S/C50H54FN11O6/c1-5-45(63)53-38-23-39(55-50-52-15-12-37(54-50)35-28-58(3)40-9-7-6-8-32(35)40)44(68-4)24-43(38)57(2)18-19-59-16-13-29(14-17-59)25-61-30-20-31(61)27-60(26-30)42-22-34-33(21-36(42)51)48(66)62(49(34)67)41-10-11-46(64)56-47(41)65/h5-9,12,15,21-24,28-31,41H,1,10-11,13-14,16-20,25-27H2,2-4H3,(H,53,63)(H,52,54,55)(H,56,64,65). The van der Waals surface area contributed by atoms with Crippen molar-refractivity contribution in [2.45, 2.75) is 50.2 Å². The predicted octanol–water partition coefficient (Wildman–Crippen LogP) is 5.16. The zero-order valence-corrected chi connectivity index (χ0v) is 38.3. The number of amides is 5. The van der Waals surface area contributed by atoms with E-state index in [1.807, 2.05) is 49.3 Å². The van der Waals surface area contributed by atoms with Gasteiger partial charge < -0.3 is 34.6 Å². The fourth-order valence-electron chi connectivity index (χ4n) is 10.7. The molecular formula is C50H54FN11O6. The number of likely N-dealkylation sites (tertiary alicyclic amines) is 1. The van der Waals surface area contributed by atoms with Crippen LogP contribution in [-0.4, -0.2) is 137 Å². The van der Waals surface area contributed by atoms with Gasteiger partial charge in [-0.1, -0.05) is 24.8 Å². The molecule has 17 nitrogen and oxygen atoms in total. The van der Waals surface area contributed by atoms with E-state index in [1.54, 1.807) is 13.3 Å². The number of fused-ring (bicyclic) bond motifs is 4. The van der Waals surface area contributed by atoms with Crippen molar-refractivity contribution in [2.24, 2.45) is 13.0 Å². The van der Waals surface area contributed by atoms with Crippen LogP contribution in [0.5, 0.6) is 5.75 Å². The van der Waals surface area contributed by atoms with Crippen LogP contribution in [0.2, 0.25) is 0 Å². The zero-order valence-electron chi connectivity index (χ0n) is 38.3. The van der Waals surface area contributed by atoms with Gasteiger partial charge in [0.15, 0.2) is 0 Å². The lowest BCUT2D eigenvalue weighted by molar-refractivity contribution is -0.136. The molecule has 18 heteroatoms. The maximum atomic E-state index is 15.7. The number of nitrogens with one attached hydrogen (secondary N) is 3. The van der Waals surface area contributed by atoms with Crippen molar-refractivity contribution < 1.29 is 33.1 Å². The van der Waals surface area contributed by atoms with Gasteiger partial charge in [0.1, 0.15) is 17.6 Å². The first-order valence-corrected chi connectivity index (χ1v) is 23.2. The molecular weight excluding hydrogens is 870 g/mol. The van der Waals surface area contributed by atoms with Gasteiger partial charge in [0.2, 0.25) is 23.7 Å². The van der Waals surface area contributed by atoms with Gasteiger partial charge in [0, 0.05) is 100 Å². The summed E-state index contributed by atoms with van der Waals surface area (Å²) in [6.07, 6.45) is 8.22. The molecule has 0 radical (unpaired) electrons. The number of anilines is 5. The summed E-state index contributed by atoms with van der Waals surface area (Å²) < 4.78 is 23.6. The molecule has 8 heterocycles. The van der Waals surface area contributed by atoms with Gasteiger partial charge in [-0.2, -0.15) is 0 Å². The fourth-order valence-corrected chi connectivity index (χ4v) is 10.7. The van der Waals surface area contributed by atoms with Gasteiger partial charge in [-0.15, -0.1) is 0 Å². The molecule has 5 amide bonds. The summed E-state index contributed by atoms with van der Waals surface area (Å²) >= 11 is 0. The van der Waals surface area contributed by atoms with Gasteiger partial charge in [0.05, 0.1) is 46.7 Å². The molecule has 3 atom stereocenters. The molecule has 0 aliphatic carbocycles. The highest BCUT2D eigenvalue weighted by Gasteiger charge is 2.48. The van der Waals surface area contributed by atoms with Crippen LogP contribution in [-0.2, 0) is 21.4 Å². The Morgan fingerprint density at radius 1 is 0.985 bits per heavy atom. The summed E-state index contributed by atoms with van der Waals surface area (Å²) in [7, 11) is 5.62. The van der Waals surface area contributed by atoms with Gasteiger partial charge >= 0.3 is 0 Å². The van der Waals surface area contributed by atoms with Crippen molar-refractivity contribution in [3.63, 3.8) is 0 Å². The number of carbonyl (C=O) groups is 5. The normalized spacial score (nSPS) is 20.9. The van der Waals surface area contributed by atoms with Crippen LogP contribution in [0.4, 0.5) is 33.1 Å². The third-order valence-corrected chi connectivity index (χ3v) is 14.4. The zero-order chi connectivity index (χ0) is 47.4. The summed E-state index contributed by atoms with van der Waals surface area (Å²) in [5.41, 5.74) is 5.14. The maximum absolute atomic E-state index is 15.7. The molecule has 68 heavy (non-hydrogen) atoms. The van der Waals surface area contributed by atoms with Crippen LogP contribution >= 0.6 is 0 Å². The number of carbonyl (C=O) groups excluding carboxylic acids is 5. The maximum Gasteiger partial charge on any atom is 0.262 e. The molecule has 0 spiro atoms. The van der Waals surface area contributed by atoms with Crippen LogP contribution in [0.1, 0.15) is 52.8 Å². The molecule has 3 aromatic carbocycles. The highest BCUT2D eigenvalue weighted by molar-refractivity contribution is 6.23. The van der Waals surface area contributed by atoms with Crippen LogP contribution < -0.4 is 30.5 Å². The van der Waals surface area contributed by atoms with E-state index in [4.69, 9.17) is 9.72 Å². The van der Waals surface area contributed by atoms with E-state index < -0.39 is 35.5 Å². The van der Waals surface area contributed by atoms with Crippen LogP contribution in [0.15, 0.2) is 79.6 Å². The minimum absolute atomic E-state index is 0.0157. The van der Waals surface area contributed by atoms with Crippen LogP contribution in [0, 0.1) is 11.7 Å². The molecule has 3 unspecified atom stereocenters. The number of aryl methyl sites for hydroxylation is 1. The SMILES string of the molecule is C=CC(=O)Nc1cc(Nc2nccc(-c3cn(C)c4ccccc34)n2)c(OC)cc1N(C)CCN1CCC(CN2C3CC2CN(c2cc4c(cc2F)C(=O)N(C2CCC(=O)NC2=O)C4=O)C3)CC1. The number of hydrogen-bond donors (Lipinski definition) is 3. The van der Waals surface area contributed by atoms with Crippen molar-refractivity contribution in [3.05, 3.63) is 96.6 Å². The second-order valence-corrected chi connectivity index (χ2v) is 18.5. The number of imide groups is 2. The molecule has 2 bridgehead atoms. The predicted molar refractivity (Wildman–Crippen MR) is 256 cm³/mol. The first-order valence-electron chi connectivity index (χ1n) is 23.2. The lowest BCUT2D eigenvalue weighted by atomic mass is 9.84. The number of aromatic nitrogens is 3. The molecule has 3 N–H and O–H groups in total. The van der Waals surface area contributed by atoms with E-state index in [-0.39, 0.29) is 47.6 Å².